The molecule has 1 saturated carbocycles. The van der Waals surface area contributed by atoms with Crippen molar-refractivity contribution in [3.63, 3.8) is 0 Å². The summed E-state index contributed by atoms with van der Waals surface area (Å²) in [5.74, 6) is 0.899. The van der Waals surface area contributed by atoms with E-state index in [1.165, 1.54) is 31.9 Å². The molecule has 6 nitrogen and oxygen atoms in total. The van der Waals surface area contributed by atoms with Gasteiger partial charge in [-0.1, -0.05) is 19.8 Å². The molecule has 3 unspecified atom stereocenters. The minimum atomic E-state index is -3.16. The number of nitrogens with zero attached hydrogens (tertiary/aromatic N) is 2. The van der Waals surface area contributed by atoms with Crippen LogP contribution in [-0.4, -0.2) is 67.5 Å². The van der Waals surface area contributed by atoms with Gasteiger partial charge in [-0.2, -0.15) is 4.31 Å². The van der Waals surface area contributed by atoms with Gasteiger partial charge in [0.1, 0.15) is 0 Å². The molecule has 0 aromatic rings. The molecule has 0 spiro atoms. The van der Waals surface area contributed by atoms with Gasteiger partial charge < -0.3 is 10.2 Å². The maximum Gasteiger partial charge on any atom is 0.239 e. The Morgan fingerprint density at radius 3 is 2.42 bits per heavy atom. The number of fused-ring (bicyclic) bond motifs is 1. The maximum atomic E-state index is 12.8. The Morgan fingerprint density at radius 2 is 1.83 bits per heavy atom. The fourth-order valence-corrected chi connectivity index (χ4v) is 6.09. The van der Waals surface area contributed by atoms with E-state index in [0.29, 0.717) is 31.6 Å². The van der Waals surface area contributed by atoms with Crippen LogP contribution in [0.15, 0.2) is 0 Å². The fraction of sp³-hybridized carbons (Fsp3) is 0.941. The highest BCUT2D eigenvalue weighted by atomic mass is 32.2. The van der Waals surface area contributed by atoms with E-state index in [9.17, 15) is 13.2 Å². The Hall–Kier alpha value is -0.660. The Kier molecular flexibility index (Phi) is 5.52. The second-order valence-corrected chi connectivity index (χ2v) is 9.56. The first-order valence-electron chi connectivity index (χ1n) is 9.41. The average Bonchev–Trinajstić information content (AvgIpc) is 2.98. The smallest absolute Gasteiger partial charge is 0.239 e. The van der Waals surface area contributed by atoms with E-state index in [4.69, 9.17) is 0 Å². The molecular formula is C17H31N3O3S. The third-order valence-corrected chi connectivity index (χ3v) is 7.49. The lowest BCUT2D eigenvalue weighted by molar-refractivity contribution is -0.134. The van der Waals surface area contributed by atoms with Crippen LogP contribution in [0.1, 0.15) is 51.9 Å². The summed E-state index contributed by atoms with van der Waals surface area (Å²) in [7, 11) is -3.16. The molecule has 0 radical (unpaired) electrons. The van der Waals surface area contributed by atoms with Crippen LogP contribution in [0.2, 0.25) is 0 Å². The lowest BCUT2D eigenvalue weighted by Gasteiger charge is -2.37. The number of sulfonamides is 1. The zero-order valence-corrected chi connectivity index (χ0v) is 15.7. The largest absolute Gasteiger partial charge is 0.341 e. The number of likely N-dealkylation sites (tertiary alicyclic amines) is 1. The van der Waals surface area contributed by atoms with Crippen molar-refractivity contribution < 1.29 is 13.2 Å². The van der Waals surface area contributed by atoms with Gasteiger partial charge in [0.05, 0.1) is 12.3 Å². The molecule has 138 valence electrons. The monoisotopic (exact) mass is 357 g/mol. The van der Waals surface area contributed by atoms with E-state index in [1.54, 1.807) is 4.31 Å². The molecular weight excluding hydrogens is 326 g/mol. The molecule has 3 rings (SSSR count). The molecule has 2 heterocycles. The van der Waals surface area contributed by atoms with Gasteiger partial charge in [0.2, 0.25) is 15.9 Å². The minimum Gasteiger partial charge on any atom is -0.341 e. The van der Waals surface area contributed by atoms with Crippen LogP contribution < -0.4 is 5.32 Å². The summed E-state index contributed by atoms with van der Waals surface area (Å²) in [6.07, 6.45) is 8.77. The quantitative estimate of drug-likeness (QED) is 0.820. The van der Waals surface area contributed by atoms with E-state index in [2.05, 4.69) is 5.32 Å². The van der Waals surface area contributed by atoms with Gasteiger partial charge in [-0.15, -0.1) is 0 Å². The first-order valence-corrected chi connectivity index (χ1v) is 11.3. The highest BCUT2D eigenvalue weighted by Crippen LogP contribution is 2.34. The molecule has 3 atom stereocenters. The Morgan fingerprint density at radius 1 is 1.17 bits per heavy atom. The number of carbonyl (C=O) groups is 1. The molecule has 3 fully saturated rings. The van der Waals surface area contributed by atoms with Crippen molar-refractivity contribution in [1.29, 1.82) is 0 Å². The zero-order chi connectivity index (χ0) is 17.3. The number of nitrogens with one attached hydrogen (secondary N) is 1. The lowest BCUT2D eigenvalue weighted by atomic mass is 9.85. The number of rotatable bonds is 4. The van der Waals surface area contributed by atoms with Crippen LogP contribution in [0.25, 0.3) is 0 Å². The maximum absolute atomic E-state index is 12.8. The summed E-state index contributed by atoms with van der Waals surface area (Å²) in [5, 5.41) is 3.56. The summed E-state index contributed by atoms with van der Waals surface area (Å²) in [6.45, 7) is 3.72. The minimum absolute atomic E-state index is 0.0214. The third kappa shape index (κ3) is 3.78. The van der Waals surface area contributed by atoms with Crippen molar-refractivity contribution in [2.24, 2.45) is 5.92 Å². The van der Waals surface area contributed by atoms with E-state index in [0.717, 1.165) is 19.3 Å². The van der Waals surface area contributed by atoms with Crippen molar-refractivity contribution in [2.75, 3.05) is 25.9 Å². The van der Waals surface area contributed by atoms with Crippen molar-refractivity contribution in [2.45, 2.75) is 70.0 Å². The predicted molar refractivity (Wildman–Crippen MR) is 94.1 cm³/mol. The molecule has 3 aliphatic rings. The highest BCUT2D eigenvalue weighted by molar-refractivity contribution is 7.88. The van der Waals surface area contributed by atoms with Gasteiger partial charge in [0.25, 0.3) is 0 Å². The molecule has 2 aliphatic heterocycles. The summed E-state index contributed by atoms with van der Waals surface area (Å²) in [6, 6.07) is 0.547. The van der Waals surface area contributed by atoms with Gasteiger partial charge in [0.15, 0.2) is 0 Å². The topological polar surface area (TPSA) is 69.7 Å². The van der Waals surface area contributed by atoms with Crippen molar-refractivity contribution in [3.05, 3.63) is 0 Å². The molecule has 7 heteroatoms. The summed E-state index contributed by atoms with van der Waals surface area (Å²) in [4.78, 5) is 14.8. The molecule has 24 heavy (non-hydrogen) atoms. The molecule has 2 saturated heterocycles. The first-order chi connectivity index (χ1) is 11.4. The van der Waals surface area contributed by atoms with E-state index < -0.39 is 10.0 Å². The predicted octanol–water partition coefficient (Wildman–Crippen LogP) is 1.18. The van der Waals surface area contributed by atoms with Crippen molar-refractivity contribution in [1.82, 2.24) is 14.5 Å². The third-order valence-electron chi connectivity index (χ3n) is 6.08. The van der Waals surface area contributed by atoms with Crippen LogP contribution in [0.3, 0.4) is 0 Å². The van der Waals surface area contributed by atoms with Crippen LogP contribution in [0, 0.1) is 5.92 Å². The lowest BCUT2D eigenvalue weighted by Crippen LogP contribution is -2.52. The fourth-order valence-electron chi connectivity index (χ4n) is 4.87. The highest BCUT2D eigenvalue weighted by Gasteiger charge is 2.40. The number of hydrogen-bond donors (Lipinski definition) is 1. The Labute approximate surface area is 146 Å². The Bertz CT molecular complexity index is 543. The molecule has 0 aromatic carbocycles. The van der Waals surface area contributed by atoms with E-state index >= 15 is 0 Å². The number of hydrogen-bond acceptors (Lipinski definition) is 4. The van der Waals surface area contributed by atoms with Crippen molar-refractivity contribution in [3.8, 4) is 0 Å². The van der Waals surface area contributed by atoms with Gasteiger partial charge in [0, 0.05) is 31.7 Å². The first kappa shape index (κ1) is 18.1. The van der Waals surface area contributed by atoms with Gasteiger partial charge in [-0.3, -0.25) is 4.79 Å². The van der Waals surface area contributed by atoms with Gasteiger partial charge in [-0.05, 0) is 38.0 Å². The van der Waals surface area contributed by atoms with Crippen molar-refractivity contribution >= 4 is 15.9 Å². The second kappa shape index (κ2) is 7.30. The summed E-state index contributed by atoms with van der Waals surface area (Å²) in [5.41, 5.74) is 0. The number of amides is 1. The van der Waals surface area contributed by atoms with Crippen LogP contribution in [0.4, 0.5) is 0 Å². The second-order valence-electron chi connectivity index (χ2n) is 7.63. The summed E-state index contributed by atoms with van der Waals surface area (Å²) < 4.78 is 25.3. The normalized spacial score (nSPS) is 32.1. The standard InChI is InChI=1S/C17H31N3O3S/c1-3-20(24(2,22)23)14-8-10-19(11-9-14)17(21)16-12-13-6-4-5-7-15(13)18-16/h13-16,18H,3-12H2,1-2H3. The molecule has 0 aromatic heterocycles. The van der Waals surface area contributed by atoms with E-state index in [1.807, 2.05) is 11.8 Å². The van der Waals surface area contributed by atoms with Crippen LogP contribution >= 0.6 is 0 Å². The zero-order valence-electron chi connectivity index (χ0n) is 14.9. The molecule has 1 amide bonds. The van der Waals surface area contributed by atoms with Gasteiger partial charge >= 0.3 is 0 Å². The number of piperidine rings is 1. The molecule has 1 N–H and O–H groups in total. The SMILES string of the molecule is CCN(C1CCN(C(=O)C2CC3CCCCC3N2)CC1)S(C)(=O)=O. The van der Waals surface area contributed by atoms with Crippen LogP contribution in [-0.2, 0) is 14.8 Å². The Balaban J connectivity index is 1.54. The van der Waals surface area contributed by atoms with E-state index in [-0.39, 0.29) is 18.0 Å². The number of carbonyl (C=O) groups excluding carboxylic acids is 1. The van der Waals surface area contributed by atoms with Crippen LogP contribution in [0.5, 0.6) is 0 Å². The average molecular weight is 358 g/mol. The molecule has 1 aliphatic carbocycles. The summed E-state index contributed by atoms with van der Waals surface area (Å²) >= 11 is 0. The van der Waals surface area contributed by atoms with Gasteiger partial charge in [-0.25, -0.2) is 8.42 Å². The molecule has 0 bridgehead atoms.